The molecule has 0 amide bonds. The van der Waals surface area contributed by atoms with Crippen LogP contribution in [-0.2, 0) is 6.42 Å². The number of carbonyl (C=O) groups is 1. The number of aryl methyl sites for hydroxylation is 2. The predicted octanol–water partition coefficient (Wildman–Crippen LogP) is 3.66. The first kappa shape index (κ1) is 15.5. The van der Waals surface area contributed by atoms with Gasteiger partial charge in [0.1, 0.15) is 0 Å². The van der Waals surface area contributed by atoms with Crippen LogP contribution in [0.25, 0.3) is 0 Å². The largest absolute Gasteiger partial charge is 0.299 e. The molecule has 1 atom stereocenters. The van der Waals surface area contributed by atoms with Crippen LogP contribution < -0.4 is 0 Å². The third-order valence-electron chi connectivity index (χ3n) is 3.90. The number of carbonyl (C=O) groups excluding carboxylic acids is 1. The van der Waals surface area contributed by atoms with Crippen molar-refractivity contribution in [2.45, 2.75) is 26.3 Å². The summed E-state index contributed by atoms with van der Waals surface area (Å²) in [5, 5.41) is 0. The van der Waals surface area contributed by atoms with E-state index in [0.717, 1.165) is 12.0 Å². The van der Waals surface area contributed by atoms with Crippen LogP contribution in [0.15, 0.2) is 48.5 Å². The third-order valence-corrected chi connectivity index (χ3v) is 3.90. The minimum absolute atomic E-state index is 0.132. The van der Waals surface area contributed by atoms with Crippen LogP contribution in [-0.4, -0.2) is 30.8 Å². The van der Waals surface area contributed by atoms with Gasteiger partial charge < -0.3 is 0 Å². The maximum absolute atomic E-state index is 12.7. The van der Waals surface area contributed by atoms with Crippen LogP contribution in [0.2, 0.25) is 0 Å². The molecule has 0 aliphatic heterocycles. The molecule has 110 valence electrons. The lowest BCUT2D eigenvalue weighted by atomic mass is 9.93. The van der Waals surface area contributed by atoms with Gasteiger partial charge in [-0.1, -0.05) is 54.1 Å². The molecule has 0 aliphatic carbocycles. The van der Waals surface area contributed by atoms with Crippen molar-refractivity contribution in [3.63, 3.8) is 0 Å². The summed E-state index contributed by atoms with van der Waals surface area (Å²) in [7, 11) is 3.94. The Morgan fingerprint density at radius 1 is 1.05 bits per heavy atom. The van der Waals surface area contributed by atoms with E-state index in [-0.39, 0.29) is 11.8 Å². The molecule has 0 aromatic heterocycles. The molecule has 2 nitrogen and oxygen atoms in total. The van der Waals surface area contributed by atoms with Gasteiger partial charge in [0.15, 0.2) is 5.78 Å². The van der Waals surface area contributed by atoms with Gasteiger partial charge in [0.25, 0.3) is 0 Å². The first-order valence-electron chi connectivity index (χ1n) is 7.31. The van der Waals surface area contributed by atoms with Gasteiger partial charge in [0.05, 0.1) is 6.04 Å². The predicted molar refractivity (Wildman–Crippen MR) is 87.9 cm³/mol. The zero-order valence-corrected chi connectivity index (χ0v) is 13.3. The van der Waals surface area contributed by atoms with Gasteiger partial charge in [-0.25, -0.2) is 0 Å². The molecular formula is C19H23NO. The summed E-state index contributed by atoms with van der Waals surface area (Å²) in [6, 6.07) is 15.8. The second kappa shape index (κ2) is 6.68. The van der Waals surface area contributed by atoms with E-state index < -0.39 is 0 Å². The van der Waals surface area contributed by atoms with Crippen molar-refractivity contribution >= 4 is 5.78 Å². The topological polar surface area (TPSA) is 20.3 Å². The summed E-state index contributed by atoms with van der Waals surface area (Å²) in [6.07, 6.45) is 0.744. The highest BCUT2D eigenvalue weighted by Crippen LogP contribution is 2.17. The maximum Gasteiger partial charge on any atom is 0.180 e. The first-order valence-corrected chi connectivity index (χ1v) is 7.31. The van der Waals surface area contributed by atoms with Crippen LogP contribution in [0.4, 0.5) is 0 Å². The van der Waals surface area contributed by atoms with E-state index in [1.54, 1.807) is 0 Å². The Hall–Kier alpha value is -1.93. The summed E-state index contributed by atoms with van der Waals surface area (Å²) in [6.45, 7) is 4.20. The molecule has 1 unspecified atom stereocenters. The lowest BCUT2D eigenvalue weighted by molar-refractivity contribution is 0.0875. The van der Waals surface area contributed by atoms with Crippen molar-refractivity contribution in [1.29, 1.82) is 0 Å². The molecule has 21 heavy (non-hydrogen) atoms. The van der Waals surface area contributed by atoms with Crippen LogP contribution in [0.5, 0.6) is 0 Å². The lowest BCUT2D eigenvalue weighted by Gasteiger charge is -2.24. The zero-order valence-electron chi connectivity index (χ0n) is 13.3. The van der Waals surface area contributed by atoms with E-state index in [9.17, 15) is 4.79 Å². The second-order valence-electron chi connectivity index (χ2n) is 5.84. The van der Waals surface area contributed by atoms with Crippen LogP contribution in [0.1, 0.15) is 27.0 Å². The fraction of sp³-hybridized carbons (Fsp3) is 0.316. The van der Waals surface area contributed by atoms with Crippen molar-refractivity contribution in [2.24, 2.45) is 0 Å². The molecule has 0 saturated carbocycles. The monoisotopic (exact) mass is 281 g/mol. The minimum atomic E-state index is -0.132. The Labute approximate surface area is 127 Å². The fourth-order valence-electron chi connectivity index (χ4n) is 2.53. The fourth-order valence-corrected chi connectivity index (χ4v) is 2.53. The molecular weight excluding hydrogens is 258 g/mol. The van der Waals surface area contributed by atoms with Crippen molar-refractivity contribution in [2.75, 3.05) is 14.1 Å². The molecule has 0 aliphatic rings. The molecule has 2 aromatic carbocycles. The Balaban J connectivity index is 2.28. The third kappa shape index (κ3) is 3.79. The van der Waals surface area contributed by atoms with Gasteiger partial charge in [-0.2, -0.15) is 0 Å². The molecule has 2 heteroatoms. The molecule has 0 N–H and O–H groups in total. The Bertz CT molecular complexity index is 617. The number of nitrogens with zero attached hydrogens (tertiary/aromatic N) is 1. The van der Waals surface area contributed by atoms with Crippen molar-refractivity contribution < 1.29 is 4.79 Å². The summed E-state index contributed by atoms with van der Waals surface area (Å²) in [4.78, 5) is 14.8. The molecule has 0 bridgehead atoms. The Kier molecular flexibility index (Phi) is 4.92. The molecule has 0 spiro atoms. The number of Topliss-reactive ketones (excluding diaryl/α,β-unsaturated/α-hetero) is 1. The number of rotatable bonds is 5. The highest BCUT2D eigenvalue weighted by molar-refractivity contribution is 6.00. The highest BCUT2D eigenvalue weighted by atomic mass is 16.1. The average molecular weight is 281 g/mol. The van der Waals surface area contributed by atoms with Crippen molar-refractivity contribution in [3.8, 4) is 0 Å². The van der Waals surface area contributed by atoms with Crippen molar-refractivity contribution in [3.05, 3.63) is 70.8 Å². The Morgan fingerprint density at radius 3 is 2.33 bits per heavy atom. The number of benzene rings is 2. The van der Waals surface area contributed by atoms with Crippen LogP contribution in [0.3, 0.4) is 0 Å². The number of ketones is 1. The van der Waals surface area contributed by atoms with E-state index in [4.69, 9.17) is 0 Å². The van der Waals surface area contributed by atoms with E-state index in [0.29, 0.717) is 0 Å². The van der Waals surface area contributed by atoms with E-state index in [1.807, 2.05) is 49.3 Å². The van der Waals surface area contributed by atoms with Crippen LogP contribution >= 0.6 is 0 Å². The molecule has 0 radical (unpaired) electrons. The smallest absolute Gasteiger partial charge is 0.180 e. The number of likely N-dealkylation sites (N-methyl/N-ethyl adjacent to an activating group) is 1. The van der Waals surface area contributed by atoms with Gasteiger partial charge in [-0.3, -0.25) is 9.69 Å². The van der Waals surface area contributed by atoms with Gasteiger partial charge in [0.2, 0.25) is 0 Å². The maximum atomic E-state index is 12.7. The normalized spacial score (nSPS) is 12.4. The highest BCUT2D eigenvalue weighted by Gasteiger charge is 2.23. The Morgan fingerprint density at radius 2 is 1.71 bits per heavy atom. The molecule has 0 saturated heterocycles. The quantitative estimate of drug-likeness (QED) is 0.780. The SMILES string of the molecule is Cc1ccc(C)c(CC(C(=O)c2ccccc2)N(C)C)c1. The summed E-state index contributed by atoms with van der Waals surface area (Å²) in [5.74, 6) is 0.182. The first-order chi connectivity index (χ1) is 9.99. The summed E-state index contributed by atoms with van der Waals surface area (Å²) >= 11 is 0. The van der Waals surface area contributed by atoms with Crippen LogP contribution in [0, 0.1) is 13.8 Å². The number of hydrogen-bond donors (Lipinski definition) is 0. The molecule has 2 rings (SSSR count). The van der Waals surface area contributed by atoms with E-state index in [1.165, 1.54) is 16.7 Å². The summed E-state index contributed by atoms with van der Waals surface area (Å²) in [5.41, 5.74) is 4.51. The zero-order chi connectivity index (χ0) is 15.4. The van der Waals surface area contributed by atoms with Gasteiger partial charge in [-0.05, 0) is 45.5 Å². The van der Waals surface area contributed by atoms with E-state index >= 15 is 0 Å². The van der Waals surface area contributed by atoms with Gasteiger partial charge in [-0.15, -0.1) is 0 Å². The number of hydrogen-bond acceptors (Lipinski definition) is 2. The molecule has 2 aromatic rings. The van der Waals surface area contributed by atoms with E-state index in [2.05, 4.69) is 32.0 Å². The second-order valence-corrected chi connectivity index (χ2v) is 5.84. The lowest BCUT2D eigenvalue weighted by Crippen LogP contribution is -2.38. The van der Waals surface area contributed by atoms with Gasteiger partial charge >= 0.3 is 0 Å². The summed E-state index contributed by atoms with van der Waals surface area (Å²) < 4.78 is 0. The average Bonchev–Trinajstić information content (AvgIpc) is 2.48. The minimum Gasteiger partial charge on any atom is -0.299 e. The molecule has 0 heterocycles. The van der Waals surface area contributed by atoms with Gasteiger partial charge in [0, 0.05) is 5.56 Å². The molecule has 0 fully saturated rings. The van der Waals surface area contributed by atoms with Crippen molar-refractivity contribution in [1.82, 2.24) is 4.90 Å². The standard InChI is InChI=1S/C19H23NO/c1-14-10-11-15(2)17(12-14)13-18(20(3)4)19(21)16-8-6-5-7-9-16/h5-12,18H,13H2,1-4H3.